The Morgan fingerprint density at radius 3 is 2.68 bits per heavy atom. The van der Waals surface area contributed by atoms with E-state index in [0.29, 0.717) is 29.9 Å². The highest BCUT2D eigenvalue weighted by Gasteiger charge is 2.32. The van der Waals surface area contributed by atoms with Gasteiger partial charge in [-0.2, -0.15) is 13.2 Å². The molecule has 1 fully saturated rings. The number of carbonyl (C=O) groups is 1. The number of nitrogens with zero attached hydrogens (tertiary/aromatic N) is 3. The molecule has 41 heavy (non-hydrogen) atoms. The molecular formula is C27H30Cl2F3N7O2. The van der Waals surface area contributed by atoms with E-state index in [1.807, 2.05) is 13.0 Å². The highest BCUT2D eigenvalue weighted by molar-refractivity contribution is 6.43. The Balaban J connectivity index is 1.85. The van der Waals surface area contributed by atoms with Gasteiger partial charge in [-0.15, -0.1) is 0 Å². The molecule has 9 nitrogen and oxygen atoms in total. The predicted molar refractivity (Wildman–Crippen MR) is 154 cm³/mol. The van der Waals surface area contributed by atoms with Gasteiger partial charge in [0.05, 0.1) is 41.0 Å². The smallest absolute Gasteiger partial charge is 0.390 e. The molecule has 1 aromatic carbocycles. The van der Waals surface area contributed by atoms with Crippen LogP contribution in [0.25, 0.3) is 0 Å². The molecule has 1 heterocycles. The quantitative estimate of drug-likeness (QED) is 0.193. The molecule has 2 aliphatic rings. The van der Waals surface area contributed by atoms with Gasteiger partial charge in [0.2, 0.25) is 0 Å². The third-order valence-electron chi connectivity index (χ3n) is 6.56. The van der Waals surface area contributed by atoms with Gasteiger partial charge in [-0.3, -0.25) is 10.3 Å². The molecule has 1 atom stereocenters. The van der Waals surface area contributed by atoms with Gasteiger partial charge < -0.3 is 21.7 Å². The van der Waals surface area contributed by atoms with Crippen LogP contribution >= 0.6 is 23.2 Å². The van der Waals surface area contributed by atoms with E-state index in [1.54, 1.807) is 41.2 Å². The molecule has 3 rings (SSSR count). The van der Waals surface area contributed by atoms with Gasteiger partial charge in [-0.05, 0) is 37.5 Å². The van der Waals surface area contributed by atoms with Crippen LogP contribution in [0.4, 0.5) is 23.7 Å². The minimum atomic E-state index is -4.52. The molecule has 220 valence electrons. The largest absolute Gasteiger partial charge is 0.400 e. The third-order valence-corrected chi connectivity index (χ3v) is 7.37. The van der Waals surface area contributed by atoms with E-state index in [9.17, 15) is 22.8 Å². The van der Waals surface area contributed by atoms with Crippen molar-refractivity contribution in [3.63, 3.8) is 0 Å². The van der Waals surface area contributed by atoms with Crippen molar-refractivity contribution in [3.05, 3.63) is 69.1 Å². The number of hydrogen-bond acceptors (Lipinski definition) is 7. The number of likely N-dealkylation sites (tertiary alicyclic amines) is 1. The molecule has 0 bridgehead atoms. The first-order valence-electron chi connectivity index (χ1n) is 12.6. The number of halogens is 5. The number of aliphatic imine (C=N–C) groups is 1. The van der Waals surface area contributed by atoms with Crippen LogP contribution in [-0.2, 0) is 4.79 Å². The van der Waals surface area contributed by atoms with Crippen molar-refractivity contribution in [1.82, 2.24) is 15.1 Å². The molecule has 6 N–H and O–H groups in total. The summed E-state index contributed by atoms with van der Waals surface area (Å²) < 4.78 is 39.1. The van der Waals surface area contributed by atoms with Crippen molar-refractivity contribution in [3.8, 4) is 0 Å². The van der Waals surface area contributed by atoms with Gasteiger partial charge in [-0.25, -0.2) is 14.6 Å². The number of nitrogens with one attached hydrogen (secondary N) is 2. The zero-order valence-corrected chi connectivity index (χ0v) is 23.7. The Bertz CT molecular complexity index is 1360. The number of benzene rings is 1. The van der Waals surface area contributed by atoms with Gasteiger partial charge in [0.25, 0.3) is 0 Å². The topological polar surface area (TPSA) is 141 Å². The summed E-state index contributed by atoms with van der Waals surface area (Å²) in [5, 5.41) is 11.5. The SMILES string of the molecule is CC1=CCC(C(=N)N(CCC(F)(F)F)C(=O)NC/C(N)=C2\CCN(C(N)=C=O)CC2=Nc2cccc(Cl)c2Cl)C=C1. The summed E-state index contributed by atoms with van der Waals surface area (Å²) in [5.74, 6) is 0.729. The lowest BCUT2D eigenvalue weighted by atomic mass is 9.95. The molecule has 2 amide bonds. The number of nitrogens with two attached hydrogens (primary N) is 2. The molecule has 0 radical (unpaired) electrons. The summed E-state index contributed by atoms with van der Waals surface area (Å²) >= 11 is 12.4. The highest BCUT2D eigenvalue weighted by Crippen LogP contribution is 2.33. The van der Waals surface area contributed by atoms with Crippen LogP contribution in [0.15, 0.2) is 64.1 Å². The van der Waals surface area contributed by atoms with E-state index in [1.165, 1.54) is 0 Å². The molecule has 1 aliphatic carbocycles. The molecule has 0 spiro atoms. The minimum absolute atomic E-state index is 0.0806. The first kappa shape index (κ1) is 31.8. The van der Waals surface area contributed by atoms with Crippen LogP contribution in [0.3, 0.4) is 0 Å². The summed E-state index contributed by atoms with van der Waals surface area (Å²) in [6.07, 6.45) is 0.196. The molecule has 1 saturated heterocycles. The van der Waals surface area contributed by atoms with Gasteiger partial charge in [0, 0.05) is 24.7 Å². The Morgan fingerprint density at radius 1 is 1.32 bits per heavy atom. The summed E-state index contributed by atoms with van der Waals surface area (Å²) in [6.45, 7) is 1.30. The number of urea groups is 1. The van der Waals surface area contributed by atoms with Gasteiger partial charge in [-0.1, -0.05) is 53.1 Å². The van der Waals surface area contributed by atoms with E-state index in [2.05, 4.69) is 10.3 Å². The summed E-state index contributed by atoms with van der Waals surface area (Å²) in [5.41, 5.74) is 14.6. The fourth-order valence-corrected chi connectivity index (χ4v) is 4.60. The average molecular weight is 612 g/mol. The number of amidine groups is 1. The fraction of sp³-hybridized carbons (Fsp3) is 0.370. The number of piperidine rings is 1. The van der Waals surface area contributed by atoms with E-state index in [-0.39, 0.29) is 46.9 Å². The monoisotopic (exact) mass is 611 g/mol. The van der Waals surface area contributed by atoms with Crippen molar-refractivity contribution in [2.45, 2.75) is 32.4 Å². The highest BCUT2D eigenvalue weighted by atomic mass is 35.5. The van der Waals surface area contributed by atoms with Crippen LogP contribution in [-0.4, -0.2) is 65.7 Å². The van der Waals surface area contributed by atoms with Crippen molar-refractivity contribution in [1.29, 1.82) is 5.41 Å². The summed E-state index contributed by atoms with van der Waals surface area (Å²) in [4.78, 5) is 31.1. The standard InChI is InChI=1S/C27H30Cl2F3N7O2/c1-16-5-7-17(8-6-16)25(35)39(12-10-27(30,31)32)26(41)36-13-20(33)18-9-11-38(23(34)15-40)14-22(18)37-21-4-2-3-19(28)24(21)29/h2-7,17,35H,8-14,33-34H2,1H3,(H,36,41)/b20-18-,35-25?,37-22?. The number of allylic oxidation sites excluding steroid dienone is 3. The second-order valence-electron chi connectivity index (χ2n) is 9.50. The maximum Gasteiger partial charge on any atom is 0.390 e. The molecule has 1 aliphatic heterocycles. The fourth-order valence-electron chi connectivity index (χ4n) is 4.26. The zero-order valence-electron chi connectivity index (χ0n) is 22.2. The van der Waals surface area contributed by atoms with E-state index < -0.39 is 31.1 Å². The van der Waals surface area contributed by atoms with Crippen LogP contribution in [0.2, 0.25) is 10.0 Å². The molecule has 1 aromatic rings. The maximum atomic E-state index is 13.1. The number of alkyl halides is 3. The third kappa shape index (κ3) is 8.63. The van der Waals surface area contributed by atoms with Crippen LogP contribution in [0.5, 0.6) is 0 Å². The Labute approximate surface area is 245 Å². The maximum absolute atomic E-state index is 13.1. The van der Waals surface area contributed by atoms with E-state index in [0.717, 1.165) is 10.5 Å². The predicted octanol–water partition coefficient (Wildman–Crippen LogP) is 5.08. The van der Waals surface area contributed by atoms with Gasteiger partial charge >= 0.3 is 12.2 Å². The van der Waals surface area contributed by atoms with Crippen molar-refractivity contribution in [2.24, 2.45) is 22.4 Å². The molecular weight excluding hydrogens is 582 g/mol. The van der Waals surface area contributed by atoms with Gasteiger partial charge in [0.1, 0.15) is 5.84 Å². The molecule has 14 heteroatoms. The molecule has 1 unspecified atom stereocenters. The lowest BCUT2D eigenvalue weighted by Gasteiger charge is -2.31. The van der Waals surface area contributed by atoms with Crippen molar-refractivity contribution in [2.75, 3.05) is 26.2 Å². The minimum Gasteiger partial charge on any atom is -0.400 e. The summed E-state index contributed by atoms with van der Waals surface area (Å²) in [6, 6.07) is 4.00. The number of amides is 2. The average Bonchev–Trinajstić information content (AvgIpc) is 2.93. The lowest BCUT2D eigenvalue weighted by Crippen LogP contribution is -2.48. The van der Waals surface area contributed by atoms with E-state index in [4.69, 9.17) is 40.1 Å². The van der Waals surface area contributed by atoms with Gasteiger partial charge in [0.15, 0.2) is 11.8 Å². The Morgan fingerprint density at radius 2 is 2.05 bits per heavy atom. The first-order valence-corrected chi connectivity index (χ1v) is 13.4. The molecule has 0 aromatic heterocycles. The van der Waals surface area contributed by atoms with Crippen LogP contribution in [0.1, 0.15) is 26.2 Å². The van der Waals surface area contributed by atoms with Crippen LogP contribution < -0.4 is 16.8 Å². The molecule has 0 saturated carbocycles. The number of carbonyl (C=O) groups excluding carboxylic acids is 2. The van der Waals surface area contributed by atoms with Crippen molar-refractivity contribution >= 4 is 52.4 Å². The number of rotatable bonds is 7. The van der Waals surface area contributed by atoms with Crippen molar-refractivity contribution < 1.29 is 22.8 Å². The Hall–Kier alpha value is -3.73. The summed E-state index contributed by atoms with van der Waals surface area (Å²) in [7, 11) is 0. The first-order chi connectivity index (χ1) is 19.3. The Kier molecular flexibility index (Phi) is 10.7. The second kappa shape index (κ2) is 13.8. The normalized spacial score (nSPS) is 19.4. The lowest BCUT2D eigenvalue weighted by molar-refractivity contribution is -0.135. The second-order valence-corrected chi connectivity index (χ2v) is 10.3. The zero-order chi connectivity index (χ0) is 30.3. The number of hydrogen-bond donors (Lipinski definition) is 4. The van der Waals surface area contributed by atoms with Crippen LogP contribution in [0, 0.1) is 11.3 Å². The van der Waals surface area contributed by atoms with E-state index >= 15 is 0 Å².